The molecule has 0 unspecified atom stereocenters. The van der Waals surface area contributed by atoms with Gasteiger partial charge in [0.15, 0.2) is 0 Å². The van der Waals surface area contributed by atoms with Crippen LogP contribution in [0.4, 0.5) is 0 Å². The van der Waals surface area contributed by atoms with E-state index in [1.165, 1.54) is 69.9 Å². The Morgan fingerprint density at radius 2 is 1.72 bits per heavy atom. The summed E-state index contributed by atoms with van der Waals surface area (Å²) in [4.78, 5) is 2.72. The van der Waals surface area contributed by atoms with Crippen molar-refractivity contribution in [3.05, 3.63) is 0 Å². The molecule has 0 N–H and O–H groups in total. The summed E-state index contributed by atoms with van der Waals surface area (Å²) in [5.41, 5.74) is 0.517. The topological polar surface area (TPSA) is 3.24 Å². The van der Waals surface area contributed by atoms with Gasteiger partial charge in [0.1, 0.15) is 0 Å². The third kappa shape index (κ3) is 4.85. The zero-order valence-electron chi connectivity index (χ0n) is 12.7. The molecule has 0 saturated heterocycles. The smallest absolute Gasteiger partial charge is 0.0100 e. The van der Waals surface area contributed by atoms with Crippen LogP contribution < -0.4 is 0 Å². The molecule has 1 fully saturated rings. The maximum Gasteiger partial charge on any atom is 0.0100 e. The van der Waals surface area contributed by atoms with Gasteiger partial charge in [-0.25, -0.2) is 0 Å². The van der Waals surface area contributed by atoms with Crippen molar-refractivity contribution in [3.8, 4) is 0 Å². The Kier molecular flexibility index (Phi) is 7.86. The van der Waals surface area contributed by atoms with Crippen LogP contribution in [0.25, 0.3) is 0 Å². The van der Waals surface area contributed by atoms with Gasteiger partial charge in [0.2, 0.25) is 0 Å². The number of rotatable bonds is 10. The molecule has 0 amide bonds. The predicted molar refractivity (Wildman–Crippen MR) is 85.5 cm³/mol. The van der Waals surface area contributed by atoms with Crippen molar-refractivity contribution in [1.82, 2.24) is 4.90 Å². The highest BCUT2D eigenvalue weighted by atomic mass is 79.9. The summed E-state index contributed by atoms with van der Waals surface area (Å²) in [5.74, 6) is 1.00. The van der Waals surface area contributed by atoms with Gasteiger partial charge in [-0.15, -0.1) is 0 Å². The van der Waals surface area contributed by atoms with Crippen molar-refractivity contribution in [2.45, 2.75) is 65.7 Å². The second-order valence-electron chi connectivity index (χ2n) is 6.26. The summed E-state index contributed by atoms with van der Waals surface area (Å²) < 4.78 is 0. The van der Waals surface area contributed by atoms with Gasteiger partial charge in [-0.05, 0) is 43.6 Å². The van der Waals surface area contributed by atoms with E-state index in [0.29, 0.717) is 5.41 Å². The molecule has 0 bridgehead atoms. The van der Waals surface area contributed by atoms with Gasteiger partial charge >= 0.3 is 0 Å². The van der Waals surface area contributed by atoms with Crippen LogP contribution in [0.2, 0.25) is 0 Å². The van der Waals surface area contributed by atoms with Crippen LogP contribution in [-0.4, -0.2) is 29.9 Å². The first-order chi connectivity index (χ1) is 8.69. The third-order valence-electron chi connectivity index (χ3n) is 4.59. The number of nitrogens with zero attached hydrogens (tertiary/aromatic N) is 1. The molecule has 1 aliphatic carbocycles. The predicted octanol–water partition coefficient (Wildman–Crippen LogP) is 5.09. The molecule has 108 valence electrons. The Balaban J connectivity index is 2.53. The number of hydrogen-bond acceptors (Lipinski definition) is 1. The average molecular weight is 318 g/mol. The molecule has 18 heavy (non-hydrogen) atoms. The molecule has 1 rings (SSSR count). The molecule has 0 aromatic carbocycles. The van der Waals surface area contributed by atoms with E-state index in [2.05, 4.69) is 41.6 Å². The molecule has 1 aliphatic rings. The van der Waals surface area contributed by atoms with E-state index in [9.17, 15) is 0 Å². The first-order valence-corrected chi connectivity index (χ1v) is 9.10. The molecule has 0 aromatic rings. The zero-order valence-corrected chi connectivity index (χ0v) is 14.3. The number of hydrogen-bond donors (Lipinski definition) is 0. The highest BCUT2D eigenvalue weighted by Gasteiger charge is 2.30. The molecule has 0 atom stereocenters. The van der Waals surface area contributed by atoms with Gasteiger partial charge < -0.3 is 4.90 Å². The van der Waals surface area contributed by atoms with Crippen molar-refractivity contribution in [1.29, 1.82) is 0 Å². The van der Waals surface area contributed by atoms with Gasteiger partial charge in [0, 0.05) is 18.4 Å². The molecule has 0 heterocycles. The van der Waals surface area contributed by atoms with Crippen molar-refractivity contribution < 1.29 is 0 Å². The Morgan fingerprint density at radius 1 is 1.11 bits per heavy atom. The van der Waals surface area contributed by atoms with E-state index in [0.717, 1.165) is 5.92 Å². The molecule has 0 radical (unpaired) electrons. The lowest BCUT2D eigenvalue weighted by molar-refractivity contribution is 0.115. The van der Waals surface area contributed by atoms with Crippen molar-refractivity contribution in [2.75, 3.05) is 25.0 Å². The SMILES string of the molecule is CCCC(CBr)(CCC)CN(CC)CC1CCC1. The van der Waals surface area contributed by atoms with E-state index < -0.39 is 0 Å². The second-order valence-corrected chi connectivity index (χ2v) is 6.82. The lowest BCUT2D eigenvalue weighted by atomic mass is 9.79. The van der Waals surface area contributed by atoms with Gasteiger partial charge in [0.05, 0.1) is 0 Å². The van der Waals surface area contributed by atoms with Crippen molar-refractivity contribution in [2.24, 2.45) is 11.3 Å². The fourth-order valence-corrected chi connectivity index (χ4v) is 4.08. The molecule has 2 heteroatoms. The van der Waals surface area contributed by atoms with Crippen LogP contribution in [0.5, 0.6) is 0 Å². The summed E-state index contributed by atoms with van der Waals surface area (Å²) in [6, 6.07) is 0. The Hall–Kier alpha value is 0.440. The second kappa shape index (κ2) is 8.58. The molecule has 0 spiro atoms. The molecule has 0 aromatic heterocycles. The lowest BCUT2D eigenvalue weighted by Gasteiger charge is -2.40. The normalized spacial score (nSPS) is 17.2. The highest BCUT2D eigenvalue weighted by molar-refractivity contribution is 9.09. The Bertz CT molecular complexity index is 207. The third-order valence-corrected chi connectivity index (χ3v) is 5.78. The fraction of sp³-hybridized carbons (Fsp3) is 1.00. The van der Waals surface area contributed by atoms with Crippen LogP contribution >= 0.6 is 15.9 Å². The van der Waals surface area contributed by atoms with E-state index in [1.54, 1.807) is 0 Å². The van der Waals surface area contributed by atoms with E-state index >= 15 is 0 Å². The minimum absolute atomic E-state index is 0.517. The fourth-order valence-electron chi connectivity index (χ4n) is 3.34. The minimum atomic E-state index is 0.517. The van der Waals surface area contributed by atoms with Crippen LogP contribution in [-0.2, 0) is 0 Å². The zero-order chi connectivity index (χ0) is 13.4. The maximum absolute atomic E-state index is 3.80. The quantitative estimate of drug-likeness (QED) is 0.507. The largest absolute Gasteiger partial charge is 0.303 e. The minimum Gasteiger partial charge on any atom is -0.303 e. The van der Waals surface area contributed by atoms with Crippen LogP contribution in [0.15, 0.2) is 0 Å². The lowest BCUT2D eigenvalue weighted by Crippen LogP contribution is -2.42. The van der Waals surface area contributed by atoms with Gasteiger partial charge in [-0.1, -0.05) is 56.0 Å². The first-order valence-electron chi connectivity index (χ1n) is 7.98. The highest BCUT2D eigenvalue weighted by Crippen LogP contribution is 2.34. The molecule has 0 aliphatic heterocycles. The van der Waals surface area contributed by atoms with Gasteiger partial charge in [-0.2, -0.15) is 0 Å². The Morgan fingerprint density at radius 3 is 2.06 bits per heavy atom. The van der Waals surface area contributed by atoms with Crippen LogP contribution in [0, 0.1) is 11.3 Å². The monoisotopic (exact) mass is 317 g/mol. The summed E-state index contributed by atoms with van der Waals surface area (Å²) in [6.07, 6.45) is 9.77. The molecule has 1 saturated carbocycles. The van der Waals surface area contributed by atoms with E-state index in [-0.39, 0.29) is 0 Å². The van der Waals surface area contributed by atoms with E-state index in [4.69, 9.17) is 0 Å². The summed E-state index contributed by atoms with van der Waals surface area (Å²) in [5, 5.41) is 1.17. The first kappa shape index (κ1) is 16.5. The van der Waals surface area contributed by atoms with Crippen LogP contribution in [0.1, 0.15) is 65.7 Å². The van der Waals surface area contributed by atoms with Crippen molar-refractivity contribution in [3.63, 3.8) is 0 Å². The molecular weight excluding hydrogens is 286 g/mol. The molecular formula is C16H32BrN. The van der Waals surface area contributed by atoms with Gasteiger partial charge in [-0.3, -0.25) is 0 Å². The average Bonchev–Trinajstić information content (AvgIpc) is 2.32. The summed E-state index contributed by atoms with van der Waals surface area (Å²) in [6.45, 7) is 10.9. The maximum atomic E-state index is 3.80. The molecule has 1 nitrogen and oxygen atoms in total. The van der Waals surface area contributed by atoms with Gasteiger partial charge in [0.25, 0.3) is 0 Å². The van der Waals surface area contributed by atoms with Crippen LogP contribution in [0.3, 0.4) is 0 Å². The number of alkyl halides is 1. The van der Waals surface area contributed by atoms with E-state index in [1.807, 2.05) is 0 Å². The summed E-state index contributed by atoms with van der Waals surface area (Å²) >= 11 is 3.80. The Labute approximate surface area is 123 Å². The summed E-state index contributed by atoms with van der Waals surface area (Å²) in [7, 11) is 0. The van der Waals surface area contributed by atoms with Crippen molar-refractivity contribution >= 4 is 15.9 Å². The number of halogens is 1. The standard InChI is InChI=1S/C16H32BrN/c1-4-10-16(13-17,11-5-2)14-18(6-3)12-15-8-7-9-15/h15H,4-14H2,1-3H3.